The van der Waals surface area contributed by atoms with E-state index in [9.17, 15) is 14.7 Å². The van der Waals surface area contributed by atoms with Gasteiger partial charge in [-0.3, -0.25) is 4.79 Å². The van der Waals surface area contributed by atoms with Crippen molar-refractivity contribution in [3.63, 3.8) is 0 Å². The van der Waals surface area contributed by atoms with E-state index in [0.717, 1.165) is 42.4 Å². The molecule has 3 aliphatic rings. The predicted octanol–water partition coefficient (Wildman–Crippen LogP) is 6.42. The monoisotopic (exact) mass is 464 g/mol. The first kappa shape index (κ1) is 24.9. The third-order valence-electron chi connectivity index (χ3n) is 9.75. The number of ketones is 1. The second-order valence-corrected chi connectivity index (χ2v) is 12.1. The highest BCUT2D eigenvalue weighted by atomic mass is 16.4. The van der Waals surface area contributed by atoms with Crippen molar-refractivity contribution in [1.82, 2.24) is 0 Å². The Kier molecular flexibility index (Phi) is 6.21. The molecule has 34 heavy (non-hydrogen) atoms. The molecule has 0 saturated heterocycles. The Hall–Kier alpha value is -2.20. The number of hydrogen-bond donors (Lipinski definition) is 1. The van der Waals surface area contributed by atoms with Crippen LogP contribution in [0.3, 0.4) is 0 Å². The molecule has 184 valence electrons. The average Bonchev–Trinajstić information content (AvgIpc) is 3.04. The highest BCUT2D eigenvalue weighted by Crippen LogP contribution is 2.69. The lowest BCUT2D eigenvalue weighted by molar-refractivity contribution is -0.157. The Bertz CT molecular complexity index is 1150. The van der Waals surface area contributed by atoms with E-state index in [0.29, 0.717) is 29.6 Å². The van der Waals surface area contributed by atoms with Gasteiger partial charge in [0.15, 0.2) is 5.78 Å². The number of fused-ring (bicyclic) bond motifs is 3. The van der Waals surface area contributed by atoms with Crippen molar-refractivity contribution in [1.29, 1.82) is 0 Å². The largest absolute Gasteiger partial charge is 0.423 e. The molecule has 3 fully saturated rings. The molecule has 5 unspecified atom stereocenters. The Morgan fingerprint density at radius 2 is 1.76 bits per heavy atom. The molecular formula is C30H40O4. The van der Waals surface area contributed by atoms with Crippen LogP contribution in [0, 0.1) is 35.0 Å². The van der Waals surface area contributed by atoms with Crippen molar-refractivity contribution in [3.05, 3.63) is 63.3 Å². The standard InChI is InChI=1S/C30H40O4/c1-18(22-12-11-20(3)27(33)34-22)9-8-10-19(2)26-21(31)17-24-29(6)16-14-25(32)28(4,5)23(29)13-15-30(24,26)7/h8-12,23-25,32H,13-17H2,1-7H3. The minimum absolute atomic E-state index is 0.0661. The minimum atomic E-state index is -0.314. The first-order valence-corrected chi connectivity index (χ1v) is 12.7. The topological polar surface area (TPSA) is 67.5 Å². The number of aliphatic hydroxyl groups excluding tert-OH is 1. The van der Waals surface area contributed by atoms with Gasteiger partial charge >= 0.3 is 5.63 Å². The lowest BCUT2D eigenvalue weighted by Crippen LogP contribution is -2.57. The van der Waals surface area contributed by atoms with Crippen LogP contribution in [0.2, 0.25) is 0 Å². The molecule has 0 radical (unpaired) electrons. The average molecular weight is 465 g/mol. The molecule has 0 aliphatic heterocycles. The highest BCUT2D eigenvalue weighted by molar-refractivity contribution is 6.00. The summed E-state index contributed by atoms with van der Waals surface area (Å²) in [7, 11) is 0. The second kappa shape index (κ2) is 8.48. The van der Waals surface area contributed by atoms with E-state index < -0.39 is 0 Å². The molecule has 3 saturated carbocycles. The second-order valence-electron chi connectivity index (χ2n) is 12.1. The summed E-state index contributed by atoms with van der Waals surface area (Å²) in [6.07, 6.45) is 10.1. The van der Waals surface area contributed by atoms with Crippen molar-refractivity contribution in [2.45, 2.75) is 86.7 Å². The molecule has 1 heterocycles. The van der Waals surface area contributed by atoms with E-state index in [2.05, 4.69) is 34.6 Å². The van der Waals surface area contributed by atoms with Gasteiger partial charge in [0, 0.05) is 23.0 Å². The van der Waals surface area contributed by atoms with E-state index in [-0.39, 0.29) is 33.8 Å². The smallest absolute Gasteiger partial charge is 0.339 e. The van der Waals surface area contributed by atoms with Gasteiger partial charge in [-0.05, 0) is 92.4 Å². The fourth-order valence-corrected chi connectivity index (χ4v) is 7.77. The van der Waals surface area contributed by atoms with Gasteiger partial charge < -0.3 is 9.52 Å². The maximum atomic E-state index is 13.4. The van der Waals surface area contributed by atoms with E-state index >= 15 is 0 Å². The zero-order valence-electron chi connectivity index (χ0n) is 21.8. The number of allylic oxidation sites excluding steroid dienone is 6. The number of aliphatic hydroxyl groups is 1. The lowest BCUT2D eigenvalue weighted by Gasteiger charge is -2.62. The molecule has 4 heteroatoms. The van der Waals surface area contributed by atoms with Crippen molar-refractivity contribution >= 4 is 11.4 Å². The van der Waals surface area contributed by atoms with Gasteiger partial charge in [0.05, 0.1) is 6.10 Å². The van der Waals surface area contributed by atoms with Gasteiger partial charge in [-0.25, -0.2) is 4.79 Å². The Balaban J connectivity index is 1.64. The number of Topliss-reactive ketones (excluding diaryl/α,β-unsaturated/α-hetero) is 1. The van der Waals surface area contributed by atoms with Crippen LogP contribution >= 0.6 is 0 Å². The predicted molar refractivity (Wildman–Crippen MR) is 136 cm³/mol. The van der Waals surface area contributed by atoms with Gasteiger partial charge in [-0.15, -0.1) is 0 Å². The first-order valence-electron chi connectivity index (χ1n) is 12.7. The number of aryl methyl sites for hydroxylation is 1. The normalized spacial score (nSPS) is 37.0. The minimum Gasteiger partial charge on any atom is -0.423 e. The lowest BCUT2D eigenvalue weighted by atomic mass is 9.43. The summed E-state index contributed by atoms with van der Waals surface area (Å²) in [5, 5.41) is 10.7. The van der Waals surface area contributed by atoms with Crippen LogP contribution in [-0.2, 0) is 4.79 Å². The van der Waals surface area contributed by atoms with Crippen molar-refractivity contribution < 1.29 is 14.3 Å². The third kappa shape index (κ3) is 3.79. The van der Waals surface area contributed by atoms with E-state index in [1.54, 1.807) is 13.0 Å². The molecule has 0 aromatic carbocycles. The number of carbonyl (C=O) groups is 1. The molecule has 0 amide bonds. The Morgan fingerprint density at radius 1 is 1.06 bits per heavy atom. The summed E-state index contributed by atoms with van der Waals surface area (Å²) in [5.74, 6) is 1.59. The summed E-state index contributed by atoms with van der Waals surface area (Å²) in [5.41, 5.74) is 2.98. The first-order chi connectivity index (χ1) is 15.8. The molecule has 4 rings (SSSR count). The summed E-state index contributed by atoms with van der Waals surface area (Å²) < 4.78 is 5.37. The fourth-order valence-electron chi connectivity index (χ4n) is 7.77. The van der Waals surface area contributed by atoms with E-state index in [1.165, 1.54) is 0 Å². The van der Waals surface area contributed by atoms with Crippen LogP contribution in [0.1, 0.15) is 85.0 Å². The molecule has 1 aromatic heterocycles. The van der Waals surface area contributed by atoms with Gasteiger partial charge in [0.2, 0.25) is 0 Å². The van der Waals surface area contributed by atoms with Crippen LogP contribution < -0.4 is 5.63 Å². The quantitative estimate of drug-likeness (QED) is 0.414. The maximum Gasteiger partial charge on any atom is 0.339 e. The summed E-state index contributed by atoms with van der Waals surface area (Å²) in [6.45, 7) is 14.8. The molecule has 4 nitrogen and oxygen atoms in total. The van der Waals surface area contributed by atoms with Crippen molar-refractivity contribution in [3.8, 4) is 0 Å². The number of hydrogen-bond acceptors (Lipinski definition) is 4. The van der Waals surface area contributed by atoms with E-state index in [1.807, 2.05) is 31.2 Å². The van der Waals surface area contributed by atoms with Crippen LogP contribution in [-0.4, -0.2) is 17.0 Å². The summed E-state index contributed by atoms with van der Waals surface area (Å²) in [4.78, 5) is 25.2. The molecule has 0 bridgehead atoms. The maximum absolute atomic E-state index is 13.4. The van der Waals surface area contributed by atoms with E-state index in [4.69, 9.17) is 4.42 Å². The zero-order chi connectivity index (χ0) is 25.1. The molecule has 1 N–H and O–H groups in total. The number of carbonyl (C=O) groups excluding carboxylic acids is 1. The SMILES string of the molecule is CC(=CC=CC(C)=C1C(=O)CC2C1(C)CCC1C(C)(C)C(O)CCC21C)c1ccc(C)c(=O)o1. The van der Waals surface area contributed by atoms with Crippen LogP contribution in [0.25, 0.3) is 5.57 Å². The van der Waals surface area contributed by atoms with Gasteiger partial charge in [-0.2, -0.15) is 0 Å². The van der Waals surface area contributed by atoms with Crippen LogP contribution in [0.15, 0.2) is 50.7 Å². The Morgan fingerprint density at radius 3 is 2.44 bits per heavy atom. The van der Waals surface area contributed by atoms with Crippen LogP contribution in [0.4, 0.5) is 0 Å². The molecule has 1 aromatic rings. The van der Waals surface area contributed by atoms with Crippen molar-refractivity contribution in [2.75, 3.05) is 0 Å². The number of rotatable bonds is 3. The molecular weight excluding hydrogens is 424 g/mol. The van der Waals surface area contributed by atoms with Gasteiger partial charge in [0.1, 0.15) is 5.76 Å². The zero-order valence-corrected chi connectivity index (χ0v) is 21.8. The molecule has 3 aliphatic carbocycles. The van der Waals surface area contributed by atoms with Gasteiger partial charge in [0.25, 0.3) is 0 Å². The van der Waals surface area contributed by atoms with Gasteiger partial charge in [-0.1, -0.05) is 45.9 Å². The Labute approximate surface area is 203 Å². The third-order valence-corrected chi connectivity index (χ3v) is 9.75. The fraction of sp³-hybridized carbons (Fsp3) is 0.600. The summed E-state index contributed by atoms with van der Waals surface area (Å²) >= 11 is 0. The van der Waals surface area contributed by atoms with Crippen molar-refractivity contribution in [2.24, 2.45) is 28.1 Å². The molecule has 5 atom stereocenters. The van der Waals surface area contributed by atoms with Crippen LogP contribution in [0.5, 0.6) is 0 Å². The molecule has 0 spiro atoms. The highest BCUT2D eigenvalue weighted by Gasteiger charge is 2.64. The summed E-state index contributed by atoms with van der Waals surface area (Å²) in [6, 6.07) is 3.59.